The third-order valence-electron chi connectivity index (χ3n) is 3.47. The minimum absolute atomic E-state index is 0.0894. The second-order valence-corrected chi connectivity index (χ2v) is 7.91. The second kappa shape index (κ2) is 9.85. The van der Waals surface area contributed by atoms with Crippen molar-refractivity contribution < 1.29 is 24.0 Å². The Balaban J connectivity index is 0.000000218. The molecule has 154 valence electrons. The summed E-state index contributed by atoms with van der Waals surface area (Å²) in [5, 5.41) is 10.8. The number of carbonyl (C=O) groups is 2. The molecule has 0 saturated carbocycles. The van der Waals surface area contributed by atoms with Crippen LogP contribution in [0.1, 0.15) is 24.2 Å². The van der Waals surface area contributed by atoms with Crippen molar-refractivity contribution in [1.29, 1.82) is 0 Å². The number of methoxy groups -OCH3 is 2. The number of hydrogen-bond acceptors (Lipinski definition) is 9. The van der Waals surface area contributed by atoms with Crippen LogP contribution in [0.15, 0.2) is 30.6 Å². The Kier molecular flexibility index (Phi) is 7.51. The molecule has 11 heteroatoms. The molecule has 0 radical (unpaired) electrons. The summed E-state index contributed by atoms with van der Waals surface area (Å²) in [6.45, 7) is 0. The highest BCUT2D eigenvalue weighted by Crippen LogP contribution is 2.30. The van der Waals surface area contributed by atoms with Crippen LogP contribution in [0, 0.1) is 10.1 Å². The summed E-state index contributed by atoms with van der Waals surface area (Å²) in [7, 11) is 6.23. The van der Waals surface area contributed by atoms with Gasteiger partial charge in [0.25, 0.3) is 5.69 Å². The summed E-state index contributed by atoms with van der Waals surface area (Å²) in [4.78, 5) is 38.7. The van der Waals surface area contributed by atoms with Gasteiger partial charge in [-0.15, -0.1) is 22.7 Å². The Morgan fingerprint density at radius 1 is 1.14 bits per heavy atom. The quantitative estimate of drug-likeness (QED) is 0.364. The molecule has 0 amide bonds. The standard InChI is InChI=1S/C10H12N2O4S.C8H7NO2S/c1-11(2)5-4-8-7(12(14)15)6-9(17-8)10(13)16-3;1-11-8(10)7-4-5-6(12-7)2-3-9-5/h4-6H,1-3H3;2-4,9H,1H3/b5-4+;. The molecule has 0 bridgehead atoms. The smallest absolute Gasteiger partial charge is 0.348 e. The average molecular weight is 437 g/mol. The maximum absolute atomic E-state index is 11.3. The number of rotatable bonds is 5. The van der Waals surface area contributed by atoms with Crippen molar-refractivity contribution in [3.05, 3.63) is 55.3 Å². The largest absolute Gasteiger partial charge is 0.465 e. The monoisotopic (exact) mass is 437 g/mol. The van der Waals surface area contributed by atoms with Crippen LogP contribution in [-0.4, -0.2) is 55.1 Å². The highest BCUT2D eigenvalue weighted by Gasteiger charge is 2.21. The summed E-state index contributed by atoms with van der Waals surface area (Å²) in [6, 6.07) is 4.96. The summed E-state index contributed by atoms with van der Waals surface area (Å²) in [6.07, 6.45) is 5.12. The number of aromatic amines is 1. The number of esters is 2. The Morgan fingerprint density at radius 2 is 1.76 bits per heavy atom. The molecule has 0 fully saturated rings. The van der Waals surface area contributed by atoms with Gasteiger partial charge in [0.05, 0.1) is 29.4 Å². The van der Waals surface area contributed by atoms with Gasteiger partial charge in [-0.05, 0) is 18.2 Å². The molecule has 0 atom stereocenters. The lowest BCUT2D eigenvalue weighted by Gasteiger charge is -2.01. The van der Waals surface area contributed by atoms with Crippen LogP contribution < -0.4 is 0 Å². The molecular weight excluding hydrogens is 418 g/mol. The fraction of sp³-hybridized carbons (Fsp3) is 0.222. The molecule has 3 aromatic heterocycles. The Morgan fingerprint density at radius 3 is 2.28 bits per heavy atom. The third kappa shape index (κ3) is 5.65. The van der Waals surface area contributed by atoms with Crippen molar-refractivity contribution in [2.24, 2.45) is 0 Å². The van der Waals surface area contributed by atoms with Crippen molar-refractivity contribution in [1.82, 2.24) is 9.88 Å². The number of nitro groups is 1. The van der Waals surface area contributed by atoms with Crippen LogP contribution in [0.5, 0.6) is 0 Å². The van der Waals surface area contributed by atoms with Crippen LogP contribution in [0.3, 0.4) is 0 Å². The van der Waals surface area contributed by atoms with Crippen molar-refractivity contribution in [3.8, 4) is 0 Å². The van der Waals surface area contributed by atoms with Crippen molar-refractivity contribution in [2.45, 2.75) is 0 Å². The minimum atomic E-state index is -0.567. The van der Waals surface area contributed by atoms with Gasteiger partial charge in [-0.25, -0.2) is 9.59 Å². The molecule has 9 nitrogen and oxygen atoms in total. The van der Waals surface area contributed by atoms with Gasteiger partial charge in [-0.2, -0.15) is 0 Å². The molecule has 0 aliphatic rings. The van der Waals surface area contributed by atoms with Crippen LogP contribution in [-0.2, 0) is 9.47 Å². The molecule has 0 aliphatic carbocycles. The Bertz CT molecular complexity index is 1020. The third-order valence-corrected chi connectivity index (χ3v) is 5.62. The van der Waals surface area contributed by atoms with Crippen LogP contribution in [0.2, 0.25) is 0 Å². The van der Waals surface area contributed by atoms with Crippen molar-refractivity contribution >= 4 is 56.6 Å². The lowest BCUT2D eigenvalue weighted by molar-refractivity contribution is -0.384. The first-order valence-corrected chi connectivity index (χ1v) is 9.76. The number of nitrogens with one attached hydrogen (secondary N) is 1. The van der Waals surface area contributed by atoms with Gasteiger partial charge in [-0.1, -0.05) is 0 Å². The van der Waals surface area contributed by atoms with Gasteiger partial charge in [0.1, 0.15) is 14.6 Å². The molecule has 1 N–H and O–H groups in total. The molecule has 0 unspecified atom stereocenters. The zero-order chi connectivity index (χ0) is 21.6. The van der Waals surface area contributed by atoms with Gasteiger partial charge in [-0.3, -0.25) is 10.1 Å². The molecule has 3 rings (SSSR count). The first-order valence-electron chi connectivity index (χ1n) is 8.13. The van der Waals surface area contributed by atoms with E-state index in [9.17, 15) is 19.7 Å². The molecule has 0 saturated heterocycles. The molecular formula is C18H19N3O6S2. The predicted octanol–water partition coefficient (Wildman–Crippen LogP) is 3.99. The zero-order valence-corrected chi connectivity index (χ0v) is 17.8. The summed E-state index contributed by atoms with van der Waals surface area (Å²) >= 11 is 2.46. The first kappa shape index (κ1) is 22.1. The summed E-state index contributed by atoms with van der Waals surface area (Å²) < 4.78 is 10.2. The van der Waals surface area contributed by atoms with E-state index in [1.54, 1.807) is 37.3 Å². The number of aromatic nitrogens is 1. The van der Waals surface area contributed by atoms with E-state index >= 15 is 0 Å². The number of carbonyl (C=O) groups excluding carboxylic acids is 2. The lowest BCUT2D eigenvalue weighted by atomic mass is 10.3. The fourth-order valence-corrected chi connectivity index (χ4v) is 4.01. The number of fused-ring (bicyclic) bond motifs is 1. The lowest BCUT2D eigenvalue weighted by Crippen LogP contribution is -1.99. The highest BCUT2D eigenvalue weighted by atomic mass is 32.1. The van der Waals surface area contributed by atoms with Gasteiger partial charge in [0, 0.05) is 32.6 Å². The Hall–Kier alpha value is -3.18. The van der Waals surface area contributed by atoms with Crippen LogP contribution in [0.4, 0.5) is 5.69 Å². The molecule has 0 spiro atoms. The molecule has 3 heterocycles. The van der Waals surface area contributed by atoms with E-state index in [0.717, 1.165) is 21.6 Å². The Labute approximate surface area is 174 Å². The van der Waals surface area contributed by atoms with E-state index in [0.29, 0.717) is 9.75 Å². The van der Waals surface area contributed by atoms with E-state index < -0.39 is 10.9 Å². The second-order valence-electron chi connectivity index (χ2n) is 5.75. The molecule has 0 aromatic carbocycles. The van der Waals surface area contributed by atoms with E-state index in [1.165, 1.54) is 31.6 Å². The van der Waals surface area contributed by atoms with E-state index in [1.807, 2.05) is 12.3 Å². The van der Waals surface area contributed by atoms with E-state index in [4.69, 9.17) is 0 Å². The van der Waals surface area contributed by atoms with Gasteiger partial charge in [0.15, 0.2) is 0 Å². The van der Waals surface area contributed by atoms with Gasteiger partial charge < -0.3 is 19.4 Å². The SMILES string of the molecule is COC(=O)c1cc([N+](=O)[O-])c(/C=C/N(C)C)s1.COC(=O)c1cc2[nH]ccc2s1. The molecule has 29 heavy (non-hydrogen) atoms. The van der Waals surface area contributed by atoms with Gasteiger partial charge >= 0.3 is 11.9 Å². The normalized spacial score (nSPS) is 10.5. The summed E-state index contributed by atoms with van der Waals surface area (Å²) in [5.41, 5.74) is 0.897. The van der Waals surface area contributed by atoms with Gasteiger partial charge in [0.2, 0.25) is 0 Å². The van der Waals surface area contributed by atoms with Crippen molar-refractivity contribution in [3.63, 3.8) is 0 Å². The average Bonchev–Trinajstić information content (AvgIpc) is 3.39. The topological polar surface area (TPSA) is 115 Å². The maximum Gasteiger partial charge on any atom is 0.348 e. The van der Waals surface area contributed by atoms with E-state index in [2.05, 4.69) is 14.5 Å². The number of thiophene rings is 2. The zero-order valence-electron chi connectivity index (χ0n) is 16.1. The van der Waals surface area contributed by atoms with Crippen LogP contribution in [0.25, 0.3) is 16.3 Å². The maximum atomic E-state index is 11.3. The fourth-order valence-electron chi connectivity index (χ4n) is 2.13. The van der Waals surface area contributed by atoms with E-state index in [-0.39, 0.29) is 16.5 Å². The minimum Gasteiger partial charge on any atom is -0.465 e. The number of ether oxygens (including phenoxy) is 2. The van der Waals surface area contributed by atoms with Crippen LogP contribution >= 0.6 is 22.7 Å². The molecule has 0 aliphatic heterocycles. The first-order chi connectivity index (χ1) is 13.8. The highest BCUT2D eigenvalue weighted by molar-refractivity contribution is 7.20. The molecule has 3 aromatic rings. The number of H-pyrrole nitrogens is 1. The van der Waals surface area contributed by atoms with Crippen molar-refractivity contribution in [2.75, 3.05) is 28.3 Å². The number of nitrogens with zero attached hydrogens (tertiary/aromatic N) is 2. The predicted molar refractivity (Wildman–Crippen MR) is 113 cm³/mol. The summed E-state index contributed by atoms with van der Waals surface area (Å²) in [5.74, 6) is -0.841. The number of hydrogen-bond donors (Lipinski definition) is 1.